The number of benzene rings is 1. The van der Waals surface area contributed by atoms with Gasteiger partial charge in [0.2, 0.25) is 5.91 Å². The summed E-state index contributed by atoms with van der Waals surface area (Å²) >= 11 is 0. The first-order chi connectivity index (χ1) is 11.2. The van der Waals surface area contributed by atoms with Gasteiger partial charge >= 0.3 is 0 Å². The maximum absolute atomic E-state index is 12.6. The third-order valence-electron chi connectivity index (χ3n) is 5.08. The zero-order chi connectivity index (χ0) is 16.1. The minimum atomic E-state index is -0.0995. The molecule has 0 saturated carbocycles. The molecule has 0 aromatic heterocycles. The van der Waals surface area contributed by atoms with Crippen LogP contribution in [0.1, 0.15) is 42.9 Å². The molecule has 2 aliphatic rings. The number of rotatable bonds is 5. The monoisotopic (exact) mass is 316 g/mol. The molecule has 4 nitrogen and oxygen atoms in total. The van der Waals surface area contributed by atoms with Crippen molar-refractivity contribution in [3.63, 3.8) is 0 Å². The van der Waals surface area contributed by atoms with Crippen LogP contribution in [0.4, 0.5) is 0 Å². The molecule has 4 heteroatoms. The minimum Gasteiger partial charge on any atom is -0.373 e. The number of carbonyl (C=O) groups is 1. The van der Waals surface area contributed by atoms with Gasteiger partial charge in [-0.25, -0.2) is 0 Å². The third-order valence-corrected chi connectivity index (χ3v) is 5.08. The van der Waals surface area contributed by atoms with Gasteiger partial charge < -0.3 is 15.4 Å². The van der Waals surface area contributed by atoms with Crippen LogP contribution in [0.2, 0.25) is 0 Å². The molecular weight excluding hydrogens is 288 g/mol. The van der Waals surface area contributed by atoms with Crippen molar-refractivity contribution < 1.29 is 9.53 Å². The highest BCUT2D eigenvalue weighted by molar-refractivity contribution is 5.79. The second-order valence-corrected chi connectivity index (χ2v) is 6.89. The smallest absolute Gasteiger partial charge is 0.226 e. The summed E-state index contributed by atoms with van der Waals surface area (Å²) in [6.07, 6.45) is 4.08. The normalized spacial score (nSPS) is 27.8. The number of amides is 1. The maximum atomic E-state index is 12.6. The SMILES string of the molecule is Cc1ccc(C2OCCCC2C(=O)NCCC2CCNC2)cc1. The van der Waals surface area contributed by atoms with E-state index in [1.54, 1.807) is 0 Å². The molecule has 23 heavy (non-hydrogen) atoms. The zero-order valence-electron chi connectivity index (χ0n) is 14.0. The van der Waals surface area contributed by atoms with E-state index in [1.165, 1.54) is 12.0 Å². The van der Waals surface area contributed by atoms with Gasteiger partial charge in [-0.2, -0.15) is 0 Å². The molecule has 126 valence electrons. The summed E-state index contributed by atoms with van der Waals surface area (Å²) in [5, 5.41) is 6.52. The fourth-order valence-electron chi connectivity index (χ4n) is 3.63. The molecule has 0 aliphatic carbocycles. The molecule has 1 aromatic rings. The van der Waals surface area contributed by atoms with Gasteiger partial charge in [0.15, 0.2) is 0 Å². The fraction of sp³-hybridized carbons (Fsp3) is 0.632. The highest BCUT2D eigenvalue weighted by Gasteiger charge is 2.32. The Morgan fingerprint density at radius 2 is 2.13 bits per heavy atom. The highest BCUT2D eigenvalue weighted by atomic mass is 16.5. The van der Waals surface area contributed by atoms with E-state index >= 15 is 0 Å². The fourth-order valence-corrected chi connectivity index (χ4v) is 3.63. The molecule has 2 saturated heterocycles. The summed E-state index contributed by atoms with van der Waals surface area (Å²) in [5.74, 6) is 0.806. The van der Waals surface area contributed by atoms with Gasteiger partial charge in [0.1, 0.15) is 0 Å². The van der Waals surface area contributed by atoms with E-state index in [1.807, 2.05) is 0 Å². The number of aryl methyl sites for hydroxylation is 1. The first-order valence-corrected chi connectivity index (χ1v) is 8.90. The number of hydrogen-bond donors (Lipinski definition) is 2. The van der Waals surface area contributed by atoms with Crippen molar-refractivity contribution in [3.8, 4) is 0 Å². The van der Waals surface area contributed by atoms with E-state index in [4.69, 9.17) is 4.74 Å². The van der Waals surface area contributed by atoms with E-state index < -0.39 is 0 Å². The molecule has 2 aliphatic heterocycles. The van der Waals surface area contributed by atoms with E-state index in [9.17, 15) is 4.79 Å². The second-order valence-electron chi connectivity index (χ2n) is 6.89. The van der Waals surface area contributed by atoms with Crippen LogP contribution >= 0.6 is 0 Å². The van der Waals surface area contributed by atoms with Crippen molar-refractivity contribution in [2.24, 2.45) is 11.8 Å². The summed E-state index contributed by atoms with van der Waals surface area (Å²) in [6.45, 7) is 5.81. The molecule has 3 unspecified atom stereocenters. The molecular formula is C19H28N2O2. The Morgan fingerprint density at radius 1 is 1.30 bits per heavy atom. The lowest BCUT2D eigenvalue weighted by molar-refractivity contribution is -0.134. The molecule has 2 fully saturated rings. The second kappa shape index (κ2) is 7.93. The average molecular weight is 316 g/mol. The van der Waals surface area contributed by atoms with Crippen molar-refractivity contribution in [2.45, 2.75) is 38.7 Å². The van der Waals surface area contributed by atoms with Crippen molar-refractivity contribution >= 4 is 5.91 Å². The lowest BCUT2D eigenvalue weighted by Gasteiger charge is -2.31. The standard InChI is InChI=1S/C19H28N2O2/c1-14-4-6-16(7-5-14)18-17(3-2-12-23-18)19(22)21-11-9-15-8-10-20-13-15/h4-7,15,17-18,20H,2-3,8-13H2,1H3,(H,21,22). The molecule has 2 N–H and O–H groups in total. The first-order valence-electron chi connectivity index (χ1n) is 8.90. The summed E-state index contributed by atoms with van der Waals surface area (Å²) in [7, 11) is 0. The van der Waals surface area contributed by atoms with Gasteiger partial charge in [0, 0.05) is 13.2 Å². The van der Waals surface area contributed by atoms with Gasteiger partial charge in [0.05, 0.1) is 12.0 Å². The van der Waals surface area contributed by atoms with Crippen molar-refractivity contribution in [1.29, 1.82) is 0 Å². The molecule has 0 spiro atoms. The third kappa shape index (κ3) is 4.33. The van der Waals surface area contributed by atoms with Crippen molar-refractivity contribution in [3.05, 3.63) is 35.4 Å². The molecule has 1 amide bonds. The van der Waals surface area contributed by atoms with E-state index in [-0.39, 0.29) is 17.9 Å². The van der Waals surface area contributed by atoms with Crippen LogP contribution < -0.4 is 10.6 Å². The predicted octanol–water partition coefficient (Wildman–Crippen LogP) is 2.58. The quantitative estimate of drug-likeness (QED) is 0.878. The summed E-state index contributed by atoms with van der Waals surface area (Å²) in [5.41, 5.74) is 2.35. The van der Waals surface area contributed by atoms with Crippen LogP contribution in [0, 0.1) is 18.8 Å². The van der Waals surface area contributed by atoms with E-state index in [2.05, 4.69) is 41.8 Å². The maximum Gasteiger partial charge on any atom is 0.226 e. The Hall–Kier alpha value is -1.39. The lowest BCUT2D eigenvalue weighted by Crippen LogP contribution is -2.38. The van der Waals surface area contributed by atoms with Gasteiger partial charge in [-0.05, 0) is 57.2 Å². The number of hydrogen-bond acceptors (Lipinski definition) is 3. The predicted molar refractivity (Wildman–Crippen MR) is 91.2 cm³/mol. The minimum absolute atomic E-state index is 0.0619. The van der Waals surface area contributed by atoms with Gasteiger partial charge in [-0.15, -0.1) is 0 Å². The van der Waals surface area contributed by atoms with E-state index in [0.29, 0.717) is 5.92 Å². The molecule has 2 heterocycles. The van der Waals surface area contributed by atoms with Crippen molar-refractivity contribution in [1.82, 2.24) is 10.6 Å². The Labute approximate surface area is 139 Å². The first kappa shape index (κ1) is 16.5. The van der Waals surface area contributed by atoms with Crippen molar-refractivity contribution in [2.75, 3.05) is 26.2 Å². The number of nitrogens with one attached hydrogen (secondary N) is 2. The molecule has 3 rings (SSSR count). The van der Waals surface area contributed by atoms with Crippen LogP contribution in [-0.4, -0.2) is 32.1 Å². The Kier molecular flexibility index (Phi) is 5.68. The topological polar surface area (TPSA) is 50.4 Å². The zero-order valence-corrected chi connectivity index (χ0v) is 14.0. The number of carbonyl (C=O) groups excluding carboxylic acids is 1. The molecule has 1 aromatic carbocycles. The lowest BCUT2D eigenvalue weighted by atomic mass is 9.88. The van der Waals surface area contributed by atoms with E-state index in [0.717, 1.165) is 51.1 Å². The number of ether oxygens (including phenoxy) is 1. The van der Waals surface area contributed by atoms with Gasteiger partial charge in [-0.3, -0.25) is 4.79 Å². The van der Waals surface area contributed by atoms with Crippen LogP contribution in [-0.2, 0) is 9.53 Å². The summed E-state index contributed by atoms with van der Waals surface area (Å²) in [6, 6.07) is 8.37. The Morgan fingerprint density at radius 3 is 2.87 bits per heavy atom. The van der Waals surface area contributed by atoms with Gasteiger partial charge in [0.25, 0.3) is 0 Å². The molecule has 0 radical (unpaired) electrons. The van der Waals surface area contributed by atoms with Crippen LogP contribution in [0.5, 0.6) is 0 Å². The van der Waals surface area contributed by atoms with Crippen LogP contribution in [0.3, 0.4) is 0 Å². The van der Waals surface area contributed by atoms with Crippen LogP contribution in [0.25, 0.3) is 0 Å². The average Bonchev–Trinajstić information content (AvgIpc) is 3.09. The summed E-state index contributed by atoms with van der Waals surface area (Å²) in [4.78, 5) is 12.6. The highest BCUT2D eigenvalue weighted by Crippen LogP contribution is 2.33. The molecule has 0 bridgehead atoms. The summed E-state index contributed by atoms with van der Waals surface area (Å²) < 4.78 is 5.95. The molecule has 3 atom stereocenters. The Balaban J connectivity index is 1.56. The van der Waals surface area contributed by atoms with Crippen LogP contribution in [0.15, 0.2) is 24.3 Å². The largest absolute Gasteiger partial charge is 0.373 e. The van der Waals surface area contributed by atoms with Gasteiger partial charge in [-0.1, -0.05) is 29.8 Å². The Bertz CT molecular complexity index is 509.